The van der Waals surface area contributed by atoms with E-state index >= 15 is 0 Å². The van der Waals surface area contributed by atoms with Crippen LogP contribution in [0.2, 0.25) is 0 Å². The minimum atomic E-state index is -0.101. The molecule has 2 aliphatic carbocycles. The van der Waals surface area contributed by atoms with Crippen molar-refractivity contribution in [1.82, 2.24) is 20.3 Å². The van der Waals surface area contributed by atoms with Crippen LogP contribution >= 0.6 is 0 Å². The van der Waals surface area contributed by atoms with Crippen molar-refractivity contribution < 1.29 is 14.3 Å². The van der Waals surface area contributed by atoms with Crippen LogP contribution in [0, 0.1) is 11.8 Å². The van der Waals surface area contributed by atoms with Gasteiger partial charge in [-0.05, 0) is 60.8 Å². The quantitative estimate of drug-likeness (QED) is 0.0909. The van der Waals surface area contributed by atoms with Gasteiger partial charge < -0.3 is 30.7 Å². The molecule has 10 heteroatoms. The number of fused-ring (bicyclic) bond motifs is 2. The Morgan fingerprint density at radius 1 is 0.667 bits per heavy atom. The first kappa shape index (κ1) is 33.4. The molecule has 0 saturated heterocycles. The van der Waals surface area contributed by atoms with Crippen LogP contribution in [0.15, 0.2) is 91.0 Å². The molecule has 1 aromatic heterocycles. The van der Waals surface area contributed by atoms with Crippen LogP contribution in [-0.4, -0.2) is 73.0 Å². The largest absolute Gasteiger partial charge is 0.377 e. The monoisotopic (exact) mass is 649 g/mol. The second kappa shape index (κ2) is 17.6. The first-order valence-corrected chi connectivity index (χ1v) is 17.3. The van der Waals surface area contributed by atoms with E-state index in [-0.39, 0.29) is 11.8 Å². The Hall–Kier alpha value is -4.54. The third-order valence-electron chi connectivity index (χ3n) is 9.28. The highest BCUT2D eigenvalue weighted by Crippen LogP contribution is 2.45. The maximum absolute atomic E-state index is 12.1. The number of amides is 1. The zero-order valence-electron chi connectivity index (χ0n) is 27.5. The van der Waals surface area contributed by atoms with E-state index in [1.807, 2.05) is 18.2 Å². The van der Waals surface area contributed by atoms with Gasteiger partial charge in [-0.2, -0.15) is 15.0 Å². The van der Waals surface area contributed by atoms with Gasteiger partial charge in [0.2, 0.25) is 17.8 Å². The van der Waals surface area contributed by atoms with Gasteiger partial charge in [-0.1, -0.05) is 85.3 Å². The second-order valence-corrected chi connectivity index (χ2v) is 12.6. The van der Waals surface area contributed by atoms with E-state index in [4.69, 9.17) is 24.4 Å². The Morgan fingerprint density at radius 2 is 1.25 bits per heavy atom. The number of nitrogens with one attached hydrogen (secondary N) is 4. The molecule has 2 fully saturated rings. The summed E-state index contributed by atoms with van der Waals surface area (Å²) < 4.78 is 11.4. The van der Waals surface area contributed by atoms with E-state index in [9.17, 15) is 4.79 Å². The molecule has 4 N–H and O–H groups in total. The van der Waals surface area contributed by atoms with Crippen LogP contribution < -0.4 is 21.3 Å². The summed E-state index contributed by atoms with van der Waals surface area (Å²) in [4.78, 5) is 26.3. The maximum atomic E-state index is 12.1. The zero-order valence-corrected chi connectivity index (χ0v) is 27.5. The summed E-state index contributed by atoms with van der Waals surface area (Å²) in [6.07, 6.45) is 6.02. The number of hydrogen-bond donors (Lipinski definition) is 4. The molecule has 48 heavy (non-hydrogen) atoms. The van der Waals surface area contributed by atoms with Crippen molar-refractivity contribution in [2.75, 3.05) is 62.0 Å². The van der Waals surface area contributed by atoms with Crippen molar-refractivity contribution in [2.45, 2.75) is 44.1 Å². The molecule has 252 valence electrons. The lowest BCUT2D eigenvalue weighted by molar-refractivity contribution is 0.0519. The molecule has 1 amide bonds. The lowest BCUT2D eigenvalue weighted by Crippen LogP contribution is -2.27. The van der Waals surface area contributed by atoms with Crippen molar-refractivity contribution in [3.05, 3.63) is 108 Å². The summed E-state index contributed by atoms with van der Waals surface area (Å²) >= 11 is 0. The molecule has 0 aliphatic heterocycles. The van der Waals surface area contributed by atoms with E-state index in [2.05, 4.69) is 81.9 Å². The maximum Gasteiger partial charge on any atom is 0.251 e. The molecule has 0 radical (unpaired) electrons. The molecule has 10 nitrogen and oxygen atoms in total. The van der Waals surface area contributed by atoms with Crippen LogP contribution in [-0.2, 0) is 9.47 Å². The normalized spacial score (nSPS) is 18.1. The molecule has 2 saturated carbocycles. The summed E-state index contributed by atoms with van der Waals surface area (Å²) in [7, 11) is 0. The second-order valence-electron chi connectivity index (χ2n) is 12.6. The first-order valence-electron chi connectivity index (χ1n) is 17.3. The minimum Gasteiger partial charge on any atom is -0.377 e. The Labute approximate surface area is 283 Å². The van der Waals surface area contributed by atoms with Gasteiger partial charge in [-0.3, -0.25) is 4.79 Å². The molecular formula is C38H47N7O3. The van der Waals surface area contributed by atoms with Gasteiger partial charge in [0.05, 0.1) is 26.4 Å². The molecule has 6 rings (SSSR count). The van der Waals surface area contributed by atoms with Gasteiger partial charge in [0.1, 0.15) is 0 Å². The van der Waals surface area contributed by atoms with E-state index in [0.717, 1.165) is 12.3 Å². The number of ether oxygens (including phenoxy) is 2. The Bertz CT molecular complexity index is 1500. The first-order chi connectivity index (χ1) is 23.7. The number of benzene rings is 3. The standard InChI is InChI=1S/C38H47N7O3/c46-35(31-14-8-3-9-15-31)39-20-22-47-24-25-48-23-21-41-37-43-36(44-38(45-37)42-34-27-28-16-17-32(34)26-28)40-19-18-33(29-10-4-1-5-11-29)30-12-6-2-7-13-30/h1-15,28,32-34H,16-27H2,(H,39,46)(H3,40,41,42,43,44,45). The average molecular weight is 650 g/mol. The SMILES string of the molecule is O=C(NCCOCCOCCNc1nc(NCCC(c2ccccc2)c2ccccc2)nc(NC2CC3CCC2C3)n1)c1ccccc1. The lowest BCUT2D eigenvalue weighted by Gasteiger charge is -2.23. The third kappa shape index (κ3) is 9.74. The Balaban J connectivity index is 0.967. The molecule has 1 heterocycles. The molecule has 3 atom stereocenters. The fraction of sp³-hybridized carbons (Fsp3) is 0.421. The Kier molecular flexibility index (Phi) is 12.2. The van der Waals surface area contributed by atoms with Gasteiger partial charge in [0.15, 0.2) is 0 Å². The Morgan fingerprint density at radius 3 is 1.85 bits per heavy atom. The topological polar surface area (TPSA) is 122 Å². The summed E-state index contributed by atoms with van der Waals surface area (Å²) in [6.45, 7) is 3.52. The molecule has 3 aromatic carbocycles. The van der Waals surface area contributed by atoms with Crippen LogP contribution in [0.4, 0.5) is 17.8 Å². The van der Waals surface area contributed by atoms with Gasteiger partial charge in [0.25, 0.3) is 5.91 Å². The highest BCUT2D eigenvalue weighted by Gasteiger charge is 2.39. The zero-order chi connectivity index (χ0) is 32.8. The van der Waals surface area contributed by atoms with E-state index in [0.29, 0.717) is 81.4 Å². The van der Waals surface area contributed by atoms with Gasteiger partial charge in [-0.25, -0.2) is 0 Å². The van der Waals surface area contributed by atoms with Crippen molar-refractivity contribution in [3.8, 4) is 0 Å². The molecule has 2 aliphatic rings. The van der Waals surface area contributed by atoms with E-state index < -0.39 is 0 Å². The van der Waals surface area contributed by atoms with Crippen LogP contribution in [0.25, 0.3) is 0 Å². The number of nitrogens with zero attached hydrogens (tertiary/aromatic N) is 3. The van der Waals surface area contributed by atoms with Gasteiger partial charge in [0, 0.05) is 37.2 Å². The number of aromatic nitrogens is 3. The molecule has 4 aromatic rings. The van der Waals surface area contributed by atoms with E-state index in [1.54, 1.807) is 12.1 Å². The predicted molar refractivity (Wildman–Crippen MR) is 189 cm³/mol. The summed E-state index contributed by atoms with van der Waals surface area (Å²) in [5.74, 6) is 3.39. The summed E-state index contributed by atoms with van der Waals surface area (Å²) in [6, 6.07) is 30.9. The highest BCUT2D eigenvalue weighted by molar-refractivity contribution is 5.94. The van der Waals surface area contributed by atoms with Crippen LogP contribution in [0.5, 0.6) is 0 Å². The minimum absolute atomic E-state index is 0.101. The van der Waals surface area contributed by atoms with Gasteiger partial charge in [-0.15, -0.1) is 0 Å². The number of carbonyl (C=O) groups excluding carboxylic acids is 1. The van der Waals surface area contributed by atoms with Crippen molar-refractivity contribution in [2.24, 2.45) is 11.8 Å². The number of rotatable bonds is 19. The predicted octanol–water partition coefficient (Wildman–Crippen LogP) is 5.98. The van der Waals surface area contributed by atoms with Crippen molar-refractivity contribution >= 4 is 23.8 Å². The van der Waals surface area contributed by atoms with Crippen molar-refractivity contribution in [3.63, 3.8) is 0 Å². The molecule has 3 unspecified atom stereocenters. The number of anilines is 3. The molecule has 2 bridgehead atoms. The number of hydrogen-bond acceptors (Lipinski definition) is 9. The van der Waals surface area contributed by atoms with Crippen LogP contribution in [0.1, 0.15) is 59.5 Å². The third-order valence-corrected chi connectivity index (χ3v) is 9.28. The van der Waals surface area contributed by atoms with Crippen molar-refractivity contribution in [1.29, 1.82) is 0 Å². The smallest absolute Gasteiger partial charge is 0.251 e. The molecular weight excluding hydrogens is 602 g/mol. The highest BCUT2D eigenvalue weighted by atomic mass is 16.5. The van der Waals surface area contributed by atoms with E-state index in [1.165, 1.54) is 36.8 Å². The fourth-order valence-electron chi connectivity index (χ4n) is 6.90. The lowest BCUT2D eigenvalue weighted by atomic mass is 9.88. The summed E-state index contributed by atoms with van der Waals surface area (Å²) in [5, 5.41) is 13.3. The van der Waals surface area contributed by atoms with Crippen LogP contribution in [0.3, 0.4) is 0 Å². The van der Waals surface area contributed by atoms with Gasteiger partial charge >= 0.3 is 0 Å². The molecule has 0 spiro atoms. The summed E-state index contributed by atoms with van der Waals surface area (Å²) in [5.41, 5.74) is 3.23. The fourth-order valence-corrected chi connectivity index (χ4v) is 6.90. The average Bonchev–Trinajstić information content (AvgIpc) is 3.76. The number of carbonyl (C=O) groups is 1.